The summed E-state index contributed by atoms with van der Waals surface area (Å²) in [5, 5.41) is 7.30. The number of benzene rings is 10. The van der Waals surface area contributed by atoms with Crippen molar-refractivity contribution in [2.75, 3.05) is 9.80 Å². The van der Waals surface area contributed by atoms with Gasteiger partial charge in [-0.25, -0.2) is 0 Å². The van der Waals surface area contributed by atoms with Gasteiger partial charge in [-0.2, -0.15) is 0 Å². The molecule has 0 fully saturated rings. The lowest BCUT2D eigenvalue weighted by Crippen LogP contribution is -2.32. The minimum absolute atomic E-state index is 0.0166. The minimum Gasteiger partial charge on any atom is -0.457 e. The van der Waals surface area contributed by atoms with Crippen LogP contribution in [0.2, 0.25) is 0 Å². The van der Waals surface area contributed by atoms with E-state index in [1.807, 2.05) is 0 Å². The normalized spacial score (nSPS) is 14.5. The van der Waals surface area contributed by atoms with E-state index in [1.165, 1.54) is 82.8 Å². The van der Waals surface area contributed by atoms with Crippen LogP contribution in [0.1, 0.15) is 82.2 Å². The molecule has 2 aliphatic carbocycles. The zero-order chi connectivity index (χ0) is 48.9. The van der Waals surface area contributed by atoms with Gasteiger partial charge in [0.1, 0.15) is 11.5 Å². The molecule has 0 saturated heterocycles. The zero-order valence-corrected chi connectivity index (χ0v) is 42.0. The van der Waals surface area contributed by atoms with Gasteiger partial charge in [0.15, 0.2) is 0 Å². The summed E-state index contributed by atoms with van der Waals surface area (Å²) in [7, 11) is 0. The molecule has 3 nitrogen and oxygen atoms in total. The van der Waals surface area contributed by atoms with Crippen LogP contribution in [0.15, 0.2) is 230 Å². The van der Waals surface area contributed by atoms with Gasteiger partial charge in [0.25, 0.3) is 0 Å². The van der Waals surface area contributed by atoms with Crippen LogP contribution in [0.25, 0.3) is 43.4 Å². The van der Waals surface area contributed by atoms with Crippen LogP contribution >= 0.6 is 0 Å². The highest BCUT2D eigenvalue weighted by Crippen LogP contribution is 2.65. The van der Waals surface area contributed by atoms with Crippen molar-refractivity contribution in [2.45, 2.75) is 65.2 Å². The van der Waals surface area contributed by atoms with E-state index in [0.29, 0.717) is 0 Å². The molecule has 3 aliphatic rings. The molecular weight excluding hydrogens is 873 g/mol. The fourth-order valence-electron chi connectivity index (χ4n) is 12.3. The predicted octanol–water partition coefficient (Wildman–Crippen LogP) is 19.2. The molecule has 350 valence electrons. The fourth-order valence-corrected chi connectivity index (χ4v) is 12.3. The Morgan fingerprint density at radius 1 is 0.403 bits per heavy atom. The van der Waals surface area contributed by atoms with Gasteiger partial charge in [-0.15, -0.1) is 0 Å². The van der Waals surface area contributed by atoms with Gasteiger partial charge < -0.3 is 14.5 Å². The Morgan fingerprint density at radius 3 is 1.54 bits per heavy atom. The summed E-state index contributed by atoms with van der Waals surface area (Å²) in [5.74, 6) is 1.75. The van der Waals surface area contributed by atoms with E-state index in [1.54, 1.807) is 0 Å². The number of ether oxygens (including phenoxy) is 1. The topological polar surface area (TPSA) is 15.7 Å². The van der Waals surface area contributed by atoms with Crippen molar-refractivity contribution in [2.24, 2.45) is 5.41 Å². The molecule has 0 unspecified atom stereocenters. The van der Waals surface area contributed by atoms with Gasteiger partial charge in [-0.05, 0) is 128 Å². The summed E-state index contributed by atoms with van der Waals surface area (Å²) in [6.07, 6.45) is 6.73. The van der Waals surface area contributed by atoms with E-state index in [0.717, 1.165) is 52.5 Å². The van der Waals surface area contributed by atoms with Crippen LogP contribution in [-0.4, -0.2) is 0 Å². The number of para-hydroxylation sites is 2. The SMILES string of the molecule is CC(C)(C)C1=CC=C(N(c2cccc3ccccc23)c2cc3c(c4ccccc24)-c2ccc(N(c4ccc(C(C)(C)C)cc4)c4cccc5ccccc45)cc2C32c3ccccc3Oc3ccccc32)CC1. The minimum atomic E-state index is -0.754. The molecule has 13 rings (SSSR count). The Balaban J connectivity index is 1.14. The number of hydrogen-bond acceptors (Lipinski definition) is 3. The van der Waals surface area contributed by atoms with Crippen molar-refractivity contribution < 1.29 is 4.74 Å². The maximum absolute atomic E-state index is 6.98. The average Bonchev–Trinajstić information content (AvgIpc) is 3.68. The van der Waals surface area contributed by atoms with Gasteiger partial charge in [0.05, 0.1) is 22.5 Å². The summed E-state index contributed by atoms with van der Waals surface area (Å²) in [5.41, 5.74) is 16.4. The second kappa shape index (κ2) is 16.5. The van der Waals surface area contributed by atoms with Crippen molar-refractivity contribution in [1.29, 1.82) is 0 Å². The third-order valence-electron chi connectivity index (χ3n) is 15.8. The van der Waals surface area contributed by atoms with Crippen molar-refractivity contribution in [3.05, 3.63) is 257 Å². The Kier molecular flexibility index (Phi) is 10.0. The van der Waals surface area contributed by atoms with Crippen LogP contribution in [-0.2, 0) is 10.8 Å². The second-order valence-corrected chi connectivity index (χ2v) is 22.0. The molecule has 0 N–H and O–H groups in total. The summed E-state index contributed by atoms with van der Waals surface area (Å²) < 4.78 is 6.98. The number of fused-ring (bicyclic) bond motifs is 13. The van der Waals surface area contributed by atoms with Gasteiger partial charge in [-0.3, -0.25) is 0 Å². The van der Waals surface area contributed by atoms with Crippen LogP contribution in [0.4, 0.5) is 28.4 Å². The van der Waals surface area contributed by atoms with Crippen LogP contribution < -0.4 is 14.5 Å². The lowest BCUT2D eigenvalue weighted by atomic mass is 9.66. The van der Waals surface area contributed by atoms with Gasteiger partial charge in [0.2, 0.25) is 0 Å². The van der Waals surface area contributed by atoms with Crippen LogP contribution in [0.5, 0.6) is 11.5 Å². The largest absolute Gasteiger partial charge is 0.457 e. The predicted molar refractivity (Wildman–Crippen MR) is 303 cm³/mol. The lowest BCUT2D eigenvalue weighted by molar-refractivity contribution is 0.436. The first kappa shape index (κ1) is 43.8. The number of hydrogen-bond donors (Lipinski definition) is 0. The molecule has 0 saturated carbocycles. The van der Waals surface area contributed by atoms with E-state index in [9.17, 15) is 0 Å². The standard InChI is InChI=1S/C69H58N2O/c1-67(2,3)47-33-37-49(38-34-47)70(61-29-17-21-45-19-7-9-23-52(45)61)51-41-42-56-59(43-51)69(57-27-13-15-31-64(57)72-65-32-16-14-28-58(65)69)60-44-63(54-25-11-12-26-55(54)66(56)60)71(50-39-35-48(36-40-50)68(4,5)6)62-30-18-22-46-20-8-10-24-53(46)62/h7-35,37-39,41-44H,36,40H2,1-6H3. The molecule has 0 amide bonds. The van der Waals surface area contributed by atoms with E-state index in [-0.39, 0.29) is 10.8 Å². The van der Waals surface area contributed by atoms with Crippen molar-refractivity contribution in [3.8, 4) is 22.6 Å². The van der Waals surface area contributed by atoms with Crippen molar-refractivity contribution in [3.63, 3.8) is 0 Å². The van der Waals surface area contributed by atoms with E-state index in [4.69, 9.17) is 4.74 Å². The molecule has 10 aromatic carbocycles. The zero-order valence-electron chi connectivity index (χ0n) is 42.0. The van der Waals surface area contributed by atoms with Gasteiger partial charge in [-0.1, -0.05) is 205 Å². The molecular formula is C69H58N2O. The van der Waals surface area contributed by atoms with E-state index in [2.05, 4.69) is 270 Å². The molecule has 0 atom stereocenters. The van der Waals surface area contributed by atoms with E-state index >= 15 is 0 Å². The van der Waals surface area contributed by atoms with E-state index < -0.39 is 5.41 Å². The first-order chi connectivity index (χ1) is 35.0. The molecule has 0 aromatic heterocycles. The third kappa shape index (κ3) is 6.78. The fraction of sp³-hybridized carbons (Fsp3) is 0.159. The molecule has 1 aliphatic heterocycles. The lowest BCUT2D eigenvalue weighted by Gasteiger charge is -2.40. The maximum Gasteiger partial charge on any atom is 0.132 e. The smallest absolute Gasteiger partial charge is 0.132 e. The Bertz CT molecular complexity index is 3820. The maximum atomic E-state index is 6.98. The molecule has 1 heterocycles. The Labute approximate surface area is 424 Å². The Morgan fingerprint density at radius 2 is 0.944 bits per heavy atom. The van der Waals surface area contributed by atoms with Gasteiger partial charge >= 0.3 is 0 Å². The molecule has 0 bridgehead atoms. The molecule has 0 radical (unpaired) electrons. The second-order valence-electron chi connectivity index (χ2n) is 22.0. The quantitative estimate of drug-likeness (QED) is 0.165. The molecule has 72 heavy (non-hydrogen) atoms. The summed E-state index contributed by atoms with van der Waals surface area (Å²) in [4.78, 5) is 5.08. The molecule has 10 aromatic rings. The highest BCUT2D eigenvalue weighted by molar-refractivity contribution is 6.12. The number of anilines is 5. The number of rotatable bonds is 6. The first-order valence-corrected chi connectivity index (χ1v) is 25.6. The average molecular weight is 931 g/mol. The van der Waals surface area contributed by atoms with Gasteiger partial charge in [0, 0.05) is 44.4 Å². The third-order valence-corrected chi connectivity index (χ3v) is 15.8. The van der Waals surface area contributed by atoms with Crippen LogP contribution in [0, 0.1) is 5.41 Å². The summed E-state index contributed by atoms with van der Waals surface area (Å²) in [6.45, 7) is 13.9. The number of nitrogens with zero attached hydrogens (tertiary/aromatic N) is 2. The summed E-state index contributed by atoms with van der Waals surface area (Å²) in [6, 6.07) is 76.8. The molecule has 3 heteroatoms. The highest BCUT2D eigenvalue weighted by atomic mass is 16.5. The highest BCUT2D eigenvalue weighted by Gasteiger charge is 2.52. The monoisotopic (exact) mass is 930 g/mol. The molecule has 1 spiro atoms. The first-order valence-electron chi connectivity index (χ1n) is 25.6. The summed E-state index contributed by atoms with van der Waals surface area (Å²) >= 11 is 0. The number of allylic oxidation sites excluding steroid dienone is 4. The van der Waals surface area contributed by atoms with Crippen molar-refractivity contribution in [1.82, 2.24) is 0 Å². The Hall–Kier alpha value is -8.14. The van der Waals surface area contributed by atoms with Crippen LogP contribution in [0.3, 0.4) is 0 Å². The van der Waals surface area contributed by atoms with Crippen molar-refractivity contribution >= 4 is 60.8 Å².